The van der Waals surface area contributed by atoms with Gasteiger partial charge in [-0.3, -0.25) is 14.4 Å². The summed E-state index contributed by atoms with van der Waals surface area (Å²) in [6.07, 6.45) is 14.0. The van der Waals surface area contributed by atoms with E-state index in [4.69, 9.17) is 0 Å². The molecule has 0 saturated heterocycles. The van der Waals surface area contributed by atoms with E-state index in [1.807, 2.05) is 0 Å². The molecule has 0 aliphatic rings. The van der Waals surface area contributed by atoms with Crippen LogP contribution < -0.4 is 10.6 Å². The SMILES string of the molecule is CCCCCCCCCCCCCCC(O)C(=O)NC(C(=O)NCC(=O)OC)C(C)C. The maximum atomic E-state index is 12.3. The number of nitrogens with one attached hydrogen (secondary N) is 2. The summed E-state index contributed by atoms with van der Waals surface area (Å²) in [6, 6.07) is -0.811. The van der Waals surface area contributed by atoms with Gasteiger partial charge in [0.2, 0.25) is 11.8 Å². The van der Waals surface area contributed by atoms with Crippen molar-refractivity contribution in [2.24, 2.45) is 5.92 Å². The molecule has 7 heteroatoms. The predicted octanol–water partition coefficient (Wildman–Crippen LogP) is 3.87. The van der Waals surface area contributed by atoms with E-state index >= 15 is 0 Å². The maximum Gasteiger partial charge on any atom is 0.325 e. The summed E-state index contributed by atoms with van der Waals surface area (Å²) < 4.78 is 4.49. The first kappa shape index (κ1) is 29.4. The van der Waals surface area contributed by atoms with E-state index in [0.717, 1.165) is 19.3 Å². The highest BCUT2D eigenvalue weighted by Gasteiger charge is 2.27. The molecule has 2 unspecified atom stereocenters. The summed E-state index contributed by atoms with van der Waals surface area (Å²) in [5.74, 6) is -1.75. The lowest BCUT2D eigenvalue weighted by atomic mass is 10.0. The fraction of sp³-hybridized carbons (Fsp3) is 0.875. The van der Waals surface area contributed by atoms with Crippen LogP contribution in [0.5, 0.6) is 0 Å². The molecule has 0 saturated carbocycles. The van der Waals surface area contributed by atoms with Crippen molar-refractivity contribution in [3.8, 4) is 0 Å². The van der Waals surface area contributed by atoms with Crippen LogP contribution in [0.3, 0.4) is 0 Å². The minimum Gasteiger partial charge on any atom is -0.468 e. The molecule has 0 fully saturated rings. The minimum absolute atomic E-state index is 0.180. The molecule has 0 radical (unpaired) electrons. The highest BCUT2D eigenvalue weighted by Crippen LogP contribution is 2.13. The maximum absolute atomic E-state index is 12.3. The lowest BCUT2D eigenvalue weighted by molar-refractivity contribution is -0.141. The Balaban J connectivity index is 3.93. The molecule has 2 amide bonds. The van der Waals surface area contributed by atoms with E-state index in [2.05, 4.69) is 22.3 Å². The van der Waals surface area contributed by atoms with Gasteiger partial charge in [-0.15, -0.1) is 0 Å². The summed E-state index contributed by atoms with van der Waals surface area (Å²) >= 11 is 0. The summed E-state index contributed by atoms with van der Waals surface area (Å²) in [4.78, 5) is 35.6. The third-order valence-corrected chi connectivity index (χ3v) is 5.52. The van der Waals surface area contributed by atoms with Gasteiger partial charge in [-0.2, -0.15) is 0 Å². The quantitative estimate of drug-likeness (QED) is 0.208. The Kier molecular flexibility index (Phi) is 18.1. The Bertz CT molecular complexity index is 496. The highest BCUT2D eigenvalue weighted by molar-refractivity contribution is 5.90. The number of carbonyl (C=O) groups is 3. The first-order chi connectivity index (χ1) is 14.8. The van der Waals surface area contributed by atoms with Crippen LogP contribution in [0.15, 0.2) is 0 Å². The van der Waals surface area contributed by atoms with E-state index in [0.29, 0.717) is 6.42 Å². The van der Waals surface area contributed by atoms with Gasteiger partial charge >= 0.3 is 5.97 Å². The van der Waals surface area contributed by atoms with Gasteiger partial charge in [0.1, 0.15) is 18.7 Å². The van der Waals surface area contributed by atoms with Crippen LogP contribution in [0.4, 0.5) is 0 Å². The van der Waals surface area contributed by atoms with Crippen LogP contribution in [-0.4, -0.2) is 48.7 Å². The largest absolute Gasteiger partial charge is 0.468 e. The zero-order chi connectivity index (χ0) is 23.5. The van der Waals surface area contributed by atoms with E-state index in [1.165, 1.54) is 64.9 Å². The molecule has 0 spiro atoms. The van der Waals surface area contributed by atoms with Crippen LogP contribution in [-0.2, 0) is 19.1 Å². The number of aliphatic hydroxyl groups excluding tert-OH is 1. The summed E-state index contributed by atoms with van der Waals surface area (Å²) in [7, 11) is 1.24. The van der Waals surface area contributed by atoms with Crippen molar-refractivity contribution in [3.63, 3.8) is 0 Å². The van der Waals surface area contributed by atoms with Gasteiger partial charge in [-0.05, 0) is 12.3 Å². The normalized spacial score (nSPS) is 13.0. The number of carbonyl (C=O) groups excluding carboxylic acids is 3. The molecular weight excluding hydrogens is 396 g/mol. The summed E-state index contributed by atoms with van der Waals surface area (Å²) in [5, 5.41) is 15.2. The number of unbranched alkanes of at least 4 members (excludes halogenated alkanes) is 11. The Labute approximate surface area is 189 Å². The third-order valence-electron chi connectivity index (χ3n) is 5.52. The minimum atomic E-state index is -1.13. The van der Waals surface area contributed by atoms with Gasteiger partial charge in [-0.1, -0.05) is 97.8 Å². The van der Waals surface area contributed by atoms with E-state index in [9.17, 15) is 19.5 Å². The number of hydrogen-bond acceptors (Lipinski definition) is 5. The van der Waals surface area contributed by atoms with E-state index in [-0.39, 0.29) is 12.5 Å². The van der Waals surface area contributed by atoms with Crippen LogP contribution >= 0.6 is 0 Å². The predicted molar refractivity (Wildman–Crippen MR) is 123 cm³/mol. The molecule has 3 N–H and O–H groups in total. The first-order valence-electron chi connectivity index (χ1n) is 12.2. The van der Waals surface area contributed by atoms with Crippen LogP contribution in [0.1, 0.15) is 104 Å². The first-order valence-corrected chi connectivity index (χ1v) is 12.2. The second-order valence-corrected chi connectivity index (χ2v) is 8.72. The molecule has 0 aliphatic heterocycles. The van der Waals surface area contributed by atoms with Gasteiger partial charge in [0.25, 0.3) is 0 Å². The van der Waals surface area contributed by atoms with Crippen molar-refractivity contribution in [2.75, 3.05) is 13.7 Å². The van der Waals surface area contributed by atoms with Crippen LogP contribution in [0, 0.1) is 5.92 Å². The molecule has 0 aromatic carbocycles. The zero-order valence-corrected chi connectivity index (χ0v) is 20.2. The molecule has 2 atom stereocenters. The topological polar surface area (TPSA) is 105 Å². The number of hydrogen-bond donors (Lipinski definition) is 3. The molecular formula is C24H46N2O5. The Morgan fingerprint density at radius 2 is 1.29 bits per heavy atom. The zero-order valence-electron chi connectivity index (χ0n) is 20.2. The van der Waals surface area contributed by atoms with E-state index < -0.39 is 29.9 Å². The number of methoxy groups -OCH3 is 1. The standard InChI is InChI=1S/C24H46N2O5/c1-5-6-7-8-9-10-11-12-13-14-15-16-17-20(27)23(29)26-22(19(2)3)24(30)25-18-21(28)31-4/h19-20,22,27H,5-18H2,1-4H3,(H,25,30)(H,26,29). The van der Waals surface area contributed by atoms with Crippen molar-refractivity contribution in [1.29, 1.82) is 0 Å². The fourth-order valence-electron chi connectivity index (χ4n) is 3.44. The molecule has 7 nitrogen and oxygen atoms in total. The molecule has 0 bridgehead atoms. The van der Waals surface area contributed by atoms with Gasteiger partial charge in [0.15, 0.2) is 0 Å². The van der Waals surface area contributed by atoms with Gasteiger partial charge < -0.3 is 20.5 Å². The van der Waals surface area contributed by atoms with Crippen molar-refractivity contribution in [2.45, 2.75) is 116 Å². The monoisotopic (exact) mass is 442 g/mol. The molecule has 0 aromatic rings. The smallest absolute Gasteiger partial charge is 0.325 e. The lowest BCUT2D eigenvalue weighted by Gasteiger charge is -2.23. The number of aliphatic hydroxyl groups is 1. The number of rotatable bonds is 19. The number of amides is 2. The van der Waals surface area contributed by atoms with E-state index in [1.54, 1.807) is 13.8 Å². The van der Waals surface area contributed by atoms with Crippen LogP contribution in [0.25, 0.3) is 0 Å². The van der Waals surface area contributed by atoms with Gasteiger partial charge in [-0.25, -0.2) is 0 Å². The molecule has 0 rings (SSSR count). The average molecular weight is 443 g/mol. The molecule has 0 heterocycles. The Morgan fingerprint density at radius 3 is 1.74 bits per heavy atom. The summed E-state index contributed by atoms with van der Waals surface area (Å²) in [5.41, 5.74) is 0. The molecule has 0 aliphatic carbocycles. The Morgan fingerprint density at radius 1 is 0.806 bits per heavy atom. The van der Waals surface area contributed by atoms with Crippen molar-refractivity contribution in [1.82, 2.24) is 10.6 Å². The van der Waals surface area contributed by atoms with Crippen molar-refractivity contribution < 1.29 is 24.2 Å². The molecule has 31 heavy (non-hydrogen) atoms. The third kappa shape index (κ3) is 15.8. The van der Waals surface area contributed by atoms with Crippen molar-refractivity contribution >= 4 is 17.8 Å². The fourth-order valence-corrected chi connectivity index (χ4v) is 3.44. The molecule has 182 valence electrons. The average Bonchev–Trinajstić information content (AvgIpc) is 2.75. The lowest BCUT2D eigenvalue weighted by Crippen LogP contribution is -2.52. The van der Waals surface area contributed by atoms with Crippen LogP contribution in [0.2, 0.25) is 0 Å². The second kappa shape index (κ2) is 19.1. The Hall–Kier alpha value is -1.63. The van der Waals surface area contributed by atoms with Gasteiger partial charge in [0, 0.05) is 0 Å². The molecule has 0 aromatic heterocycles. The van der Waals surface area contributed by atoms with Crippen molar-refractivity contribution in [3.05, 3.63) is 0 Å². The number of esters is 1. The number of ether oxygens (including phenoxy) is 1. The second-order valence-electron chi connectivity index (χ2n) is 8.72. The highest BCUT2D eigenvalue weighted by atomic mass is 16.5. The summed E-state index contributed by atoms with van der Waals surface area (Å²) in [6.45, 7) is 5.57. The van der Waals surface area contributed by atoms with Gasteiger partial charge in [0.05, 0.1) is 7.11 Å².